The highest BCUT2D eigenvalue weighted by atomic mass is 127. The fourth-order valence-electron chi connectivity index (χ4n) is 0.705. The van der Waals surface area contributed by atoms with E-state index in [0.29, 0.717) is 0 Å². The highest BCUT2D eigenvalue weighted by molar-refractivity contribution is 14.1. The molecule has 0 radical (unpaired) electrons. The van der Waals surface area contributed by atoms with Gasteiger partial charge in [0.25, 0.3) is 0 Å². The first kappa shape index (κ1) is 9.15. The lowest BCUT2D eigenvalue weighted by molar-refractivity contribution is 0.677. The van der Waals surface area contributed by atoms with Gasteiger partial charge in [-0.05, 0) is 41.8 Å². The summed E-state index contributed by atoms with van der Waals surface area (Å²) in [6, 6.07) is 7.60. The molecule has 1 atom stereocenters. The zero-order valence-corrected chi connectivity index (χ0v) is 8.98. The van der Waals surface area contributed by atoms with Gasteiger partial charge in [-0.25, -0.2) is 8.93 Å². The molecule has 0 aliphatic carbocycles. The standard InChI is InChI=1S/C7H8INOS/c1-9-11(10)7-5-3-2-4-6(7)8/h2-5,9H,1H3. The van der Waals surface area contributed by atoms with E-state index in [1.54, 1.807) is 7.05 Å². The molecule has 0 aromatic heterocycles. The van der Waals surface area contributed by atoms with Crippen molar-refractivity contribution in [2.75, 3.05) is 7.05 Å². The van der Waals surface area contributed by atoms with Crippen LogP contribution in [0.15, 0.2) is 29.2 Å². The summed E-state index contributed by atoms with van der Waals surface area (Å²) in [5, 5.41) is 0. The molecule has 1 unspecified atom stereocenters. The Labute approximate surface area is 82.1 Å². The Bertz CT molecular complexity index is 277. The number of nitrogens with one attached hydrogen (secondary N) is 1. The lowest BCUT2D eigenvalue weighted by Gasteiger charge is -2.00. The van der Waals surface area contributed by atoms with Crippen molar-refractivity contribution in [2.24, 2.45) is 0 Å². The van der Waals surface area contributed by atoms with Gasteiger partial charge in [-0.1, -0.05) is 12.1 Å². The molecule has 0 aliphatic rings. The zero-order chi connectivity index (χ0) is 8.27. The molecular weight excluding hydrogens is 273 g/mol. The molecule has 1 aromatic rings. The van der Waals surface area contributed by atoms with Crippen LogP contribution in [0.1, 0.15) is 0 Å². The van der Waals surface area contributed by atoms with Gasteiger partial charge in [-0.15, -0.1) is 0 Å². The van der Waals surface area contributed by atoms with Crippen molar-refractivity contribution in [3.05, 3.63) is 27.8 Å². The Balaban J connectivity index is 3.03. The predicted molar refractivity (Wildman–Crippen MR) is 54.6 cm³/mol. The normalized spacial score (nSPS) is 12.9. The van der Waals surface area contributed by atoms with Gasteiger partial charge in [0.05, 0.1) is 4.90 Å². The Morgan fingerprint density at radius 3 is 2.64 bits per heavy atom. The SMILES string of the molecule is CNS(=O)c1ccccc1I. The van der Waals surface area contributed by atoms with E-state index in [0.717, 1.165) is 8.47 Å². The topological polar surface area (TPSA) is 29.1 Å². The minimum atomic E-state index is -1.06. The van der Waals surface area contributed by atoms with Crippen LogP contribution in [0.4, 0.5) is 0 Å². The van der Waals surface area contributed by atoms with Gasteiger partial charge in [0.2, 0.25) is 0 Å². The number of hydrogen-bond donors (Lipinski definition) is 1. The highest BCUT2D eigenvalue weighted by Crippen LogP contribution is 2.13. The van der Waals surface area contributed by atoms with Gasteiger partial charge in [0.15, 0.2) is 0 Å². The van der Waals surface area contributed by atoms with E-state index in [4.69, 9.17) is 0 Å². The minimum Gasteiger partial charge on any atom is -0.237 e. The third-order valence-electron chi connectivity index (χ3n) is 1.22. The first-order valence-corrected chi connectivity index (χ1v) is 5.32. The Hall–Kier alpha value is 0.0600. The first-order valence-electron chi connectivity index (χ1n) is 3.09. The molecule has 2 nitrogen and oxygen atoms in total. The lowest BCUT2D eigenvalue weighted by atomic mass is 10.4. The molecule has 0 saturated carbocycles. The molecule has 0 amide bonds. The monoisotopic (exact) mass is 281 g/mol. The van der Waals surface area contributed by atoms with Gasteiger partial charge < -0.3 is 0 Å². The number of halogens is 1. The summed E-state index contributed by atoms with van der Waals surface area (Å²) in [7, 11) is 0.620. The summed E-state index contributed by atoms with van der Waals surface area (Å²) in [5.74, 6) is 0. The van der Waals surface area contributed by atoms with E-state index in [1.807, 2.05) is 24.3 Å². The quantitative estimate of drug-likeness (QED) is 0.818. The summed E-state index contributed by atoms with van der Waals surface area (Å²) in [6.45, 7) is 0. The third-order valence-corrected chi connectivity index (χ3v) is 3.65. The molecule has 60 valence electrons. The summed E-state index contributed by atoms with van der Waals surface area (Å²) in [5.41, 5.74) is 0. The lowest BCUT2D eigenvalue weighted by Crippen LogP contribution is -2.11. The zero-order valence-electron chi connectivity index (χ0n) is 6.00. The van der Waals surface area contributed by atoms with Crippen molar-refractivity contribution in [1.29, 1.82) is 0 Å². The van der Waals surface area contributed by atoms with E-state index in [1.165, 1.54) is 0 Å². The smallest absolute Gasteiger partial charge is 0.125 e. The predicted octanol–water partition coefficient (Wildman–Crippen LogP) is 1.53. The van der Waals surface area contributed by atoms with Crippen molar-refractivity contribution in [3.8, 4) is 0 Å². The minimum absolute atomic E-state index is 0.843. The second-order valence-corrected chi connectivity index (χ2v) is 4.45. The molecule has 0 bridgehead atoms. The average molecular weight is 281 g/mol. The molecule has 11 heavy (non-hydrogen) atoms. The van der Waals surface area contributed by atoms with Crippen molar-refractivity contribution >= 4 is 33.6 Å². The molecule has 0 fully saturated rings. The molecule has 1 N–H and O–H groups in total. The fourth-order valence-corrected chi connectivity index (χ4v) is 2.36. The van der Waals surface area contributed by atoms with E-state index in [9.17, 15) is 4.21 Å². The van der Waals surface area contributed by atoms with Crippen molar-refractivity contribution < 1.29 is 4.21 Å². The van der Waals surface area contributed by atoms with Gasteiger partial charge >= 0.3 is 0 Å². The van der Waals surface area contributed by atoms with Crippen LogP contribution in [-0.4, -0.2) is 11.3 Å². The van der Waals surface area contributed by atoms with Gasteiger partial charge in [-0.3, -0.25) is 0 Å². The molecule has 0 heterocycles. The summed E-state index contributed by atoms with van der Waals surface area (Å²) >= 11 is 2.17. The molecule has 1 aromatic carbocycles. The van der Waals surface area contributed by atoms with E-state index in [2.05, 4.69) is 27.3 Å². The summed E-state index contributed by atoms with van der Waals surface area (Å²) in [6.07, 6.45) is 0. The number of benzene rings is 1. The van der Waals surface area contributed by atoms with E-state index in [-0.39, 0.29) is 0 Å². The van der Waals surface area contributed by atoms with Crippen LogP contribution in [0.3, 0.4) is 0 Å². The Kier molecular flexibility index (Phi) is 3.47. The maximum atomic E-state index is 11.2. The largest absolute Gasteiger partial charge is 0.237 e. The number of rotatable bonds is 2. The van der Waals surface area contributed by atoms with Crippen LogP contribution in [0.5, 0.6) is 0 Å². The van der Waals surface area contributed by atoms with Crippen molar-refractivity contribution in [2.45, 2.75) is 4.90 Å². The Morgan fingerprint density at radius 1 is 1.45 bits per heavy atom. The van der Waals surface area contributed by atoms with Gasteiger partial charge in [-0.2, -0.15) is 0 Å². The van der Waals surface area contributed by atoms with Gasteiger partial charge in [0.1, 0.15) is 11.0 Å². The number of hydrogen-bond acceptors (Lipinski definition) is 1. The average Bonchev–Trinajstić information content (AvgIpc) is 2.04. The van der Waals surface area contributed by atoms with Gasteiger partial charge in [0, 0.05) is 3.57 Å². The molecular formula is C7H8INOS. The Morgan fingerprint density at radius 2 is 2.09 bits per heavy atom. The third kappa shape index (κ3) is 2.25. The maximum absolute atomic E-state index is 11.2. The molecule has 4 heteroatoms. The van der Waals surface area contributed by atoms with Crippen LogP contribution in [0, 0.1) is 3.57 Å². The molecule has 0 spiro atoms. The summed E-state index contributed by atoms with van der Waals surface area (Å²) in [4.78, 5) is 0.843. The van der Waals surface area contributed by atoms with Crippen LogP contribution in [0.25, 0.3) is 0 Å². The maximum Gasteiger partial charge on any atom is 0.125 e. The highest BCUT2D eigenvalue weighted by Gasteiger charge is 2.03. The van der Waals surface area contributed by atoms with Crippen molar-refractivity contribution in [1.82, 2.24) is 4.72 Å². The first-order chi connectivity index (χ1) is 5.25. The van der Waals surface area contributed by atoms with E-state index < -0.39 is 11.0 Å². The second-order valence-electron chi connectivity index (χ2n) is 1.90. The molecule has 1 rings (SSSR count). The van der Waals surface area contributed by atoms with Crippen molar-refractivity contribution in [3.63, 3.8) is 0 Å². The second kappa shape index (κ2) is 4.18. The molecule has 0 saturated heterocycles. The van der Waals surface area contributed by atoms with Crippen LogP contribution >= 0.6 is 22.6 Å². The van der Waals surface area contributed by atoms with Crippen LogP contribution in [-0.2, 0) is 11.0 Å². The van der Waals surface area contributed by atoms with Crippen LogP contribution < -0.4 is 4.72 Å². The van der Waals surface area contributed by atoms with E-state index >= 15 is 0 Å². The molecule has 0 aliphatic heterocycles. The summed E-state index contributed by atoms with van der Waals surface area (Å²) < 4.78 is 14.9. The fraction of sp³-hybridized carbons (Fsp3) is 0.143. The van der Waals surface area contributed by atoms with Crippen LogP contribution in [0.2, 0.25) is 0 Å².